The zero-order chi connectivity index (χ0) is 15.6. The highest BCUT2D eigenvalue weighted by molar-refractivity contribution is 6.30. The molecule has 0 aliphatic carbocycles. The summed E-state index contributed by atoms with van der Waals surface area (Å²) in [5.74, 6) is -0.769. The van der Waals surface area contributed by atoms with Crippen molar-refractivity contribution < 1.29 is 19.4 Å². The van der Waals surface area contributed by atoms with Crippen molar-refractivity contribution in [3.8, 4) is 5.75 Å². The molecule has 5 nitrogen and oxygen atoms in total. The molecule has 21 heavy (non-hydrogen) atoms. The third-order valence-corrected chi connectivity index (χ3v) is 3.75. The van der Waals surface area contributed by atoms with Crippen LogP contribution in [0.1, 0.15) is 26.7 Å². The molecule has 1 N–H and O–H groups in total. The monoisotopic (exact) mass is 311 g/mol. The molecule has 1 aliphatic heterocycles. The van der Waals surface area contributed by atoms with E-state index < -0.39 is 17.6 Å². The molecule has 2 rings (SSSR count). The maximum absolute atomic E-state index is 12.6. The second-order valence-electron chi connectivity index (χ2n) is 5.56. The summed E-state index contributed by atoms with van der Waals surface area (Å²) in [6, 6.07) is 5.94. The van der Waals surface area contributed by atoms with Crippen LogP contribution < -0.4 is 4.74 Å². The highest BCUT2D eigenvalue weighted by atomic mass is 35.5. The summed E-state index contributed by atoms with van der Waals surface area (Å²) in [5.41, 5.74) is -1.13. The highest BCUT2D eigenvalue weighted by Crippen LogP contribution is 2.26. The number of aliphatic carboxylic acids is 1. The Bertz CT molecular complexity index is 541. The maximum Gasteiger partial charge on any atom is 0.326 e. The maximum atomic E-state index is 12.6. The van der Waals surface area contributed by atoms with Gasteiger partial charge in [0.25, 0.3) is 5.91 Å². The zero-order valence-electron chi connectivity index (χ0n) is 12.0. The molecule has 1 aromatic rings. The molecule has 6 heteroatoms. The molecule has 0 saturated carbocycles. The molecule has 1 aromatic carbocycles. The van der Waals surface area contributed by atoms with Crippen molar-refractivity contribution in [2.45, 2.75) is 38.3 Å². The van der Waals surface area contributed by atoms with E-state index in [0.29, 0.717) is 30.2 Å². The van der Waals surface area contributed by atoms with Gasteiger partial charge in [-0.3, -0.25) is 4.79 Å². The molecule has 0 radical (unpaired) electrons. The zero-order valence-corrected chi connectivity index (χ0v) is 12.8. The Labute approximate surface area is 128 Å². The minimum atomic E-state index is -1.13. The first-order valence-corrected chi connectivity index (χ1v) is 7.17. The summed E-state index contributed by atoms with van der Waals surface area (Å²) in [6.45, 7) is 3.73. The Morgan fingerprint density at radius 2 is 1.95 bits per heavy atom. The SMILES string of the molecule is CC(C)(Oc1ccc(Cl)cc1)C(=O)N1CCCC1C(=O)O. The van der Waals surface area contributed by atoms with E-state index in [1.165, 1.54) is 4.90 Å². The lowest BCUT2D eigenvalue weighted by Crippen LogP contribution is -2.52. The van der Waals surface area contributed by atoms with E-state index in [0.717, 1.165) is 0 Å². The van der Waals surface area contributed by atoms with Gasteiger partial charge in [-0.25, -0.2) is 4.79 Å². The average molecular weight is 312 g/mol. The number of hydrogen-bond acceptors (Lipinski definition) is 3. The molecule has 1 saturated heterocycles. The Balaban J connectivity index is 2.12. The first-order chi connectivity index (χ1) is 9.81. The fourth-order valence-electron chi connectivity index (χ4n) is 2.45. The molecule has 1 amide bonds. The summed E-state index contributed by atoms with van der Waals surface area (Å²) in [4.78, 5) is 25.1. The molecular weight excluding hydrogens is 294 g/mol. The molecule has 0 bridgehead atoms. The van der Waals surface area contributed by atoms with E-state index in [1.54, 1.807) is 38.1 Å². The lowest BCUT2D eigenvalue weighted by Gasteiger charge is -2.32. The fraction of sp³-hybridized carbons (Fsp3) is 0.467. The van der Waals surface area contributed by atoms with Crippen molar-refractivity contribution in [2.24, 2.45) is 0 Å². The van der Waals surface area contributed by atoms with Crippen molar-refractivity contribution in [3.05, 3.63) is 29.3 Å². The van der Waals surface area contributed by atoms with Gasteiger partial charge < -0.3 is 14.7 Å². The van der Waals surface area contributed by atoms with Gasteiger partial charge in [0.15, 0.2) is 5.60 Å². The van der Waals surface area contributed by atoms with E-state index in [-0.39, 0.29) is 5.91 Å². The van der Waals surface area contributed by atoms with E-state index in [4.69, 9.17) is 21.4 Å². The first-order valence-electron chi connectivity index (χ1n) is 6.80. The molecule has 1 atom stereocenters. The van der Waals surface area contributed by atoms with Crippen molar-refractivity contribution in [1.82, 2.24) is 4.90 Å². The summed E-state index contributed by atoms with van der Waals surface area (Å²) in [5, 5.41) is 9.75. The highest BCUT2D eigenvalue weighted by Gasteiger charge is 2.42. The van der Waals surface area contributed by atoms with Crippen molar-refractivity contribution in [3.63, 3.8) is 0 Å². The Morgan fingerprint density at radius 1 is 1.33 bits per heavy atom. The second-order valence-corrected chi connectivity index (χ2v) is 6.00. The van der Waals surface area contributed by atoms with Crippen LogP contribution in [0.15, 0.2) is 24.3 Å². The van der Waals surface area contributed by atoms with Crippen LogP contribution in [0.3, 0.4) is 0 Å². The Hall–Kier alpha value is -1.75. The number of ether oxygens (including phenoxy) is 1. The van der Waals surface area contributed by atoms with Gasteiger partial charge in [-0.15, -0.1) is 0 Å². The Kier molecular flexibility index (Phi) is 4.42. The van der Waals surface area contributed by atoms with Gasteiger partial charge >= 0.3 is 5.97 Å². The number of carbonyl (C=O) groups is 2. The van der Waals surface area contributed by atoms with Gasteiger partial charge in [-0.1, -0.05) is 11.6 Å². The number of carboxylic acids is 1. The molecular formula is C15H18ClNO4. The van der Waals surface area contributed by atoms with E-state index in [2.05, 4.69) is 0 Å². The summed E-state index contributed by atoms with van der Waals surface area (Å²) < 4.78 is 5.72. The number of nitrogens with zero attached hydrogens (tertiary/aromatic N) is 1. The van der Waals surface area contributed by atoms with E-state index in [1.807, 2.05) is 0 Å². The van der Waals surface area contributed by atoms with Gasteiger partial charge in [0.2, 0.25) is 0 Å². The first kappa shape index (κ1) is 15.6. The van der Waals surface area contributed by atoms with Crippen LogP contribution in [-0.4, -0.2) is 40.1 Å². The molecule has 0 aromatic heterocycles. The van der Waals surface area contributed by atoms with Crippen molar-refractivity contribution in [1.29, 1.82) is 0 Å². The summed E-state index contributed by atoms with van der Waals surface area (Å²) in [7, 11) is 0. The standard InChI is InChI=1S/C15H18ClNO4/c1-15(2,21-11-7-5-10(16)6-8-11)14(20)17-9-3-4-12(17)13(18)19/h5-8,12H,3-4,9H2,1-2H3,(H,18,19). The van der Waals surface area contributed by atoms with Crippen LogP contribution in [0.5, 0.6) is 5.75 Å². The number of rotatable bonds is 4. The fourth-order valence-corrected chi connectivity index (χ4v) is 2.58. The van der Waals surface area contributed by atoms with Crippen LogP contribution in [0, 0.1) is 0 Å². The number of carbonyl (C=O) groups excluding carboxylic acids is 1. The quantitative estimate of drug-likeness (QED) is 0.928. The third kappa shape index (κ3) is 3.47. The van der Waals surface area contributed by atoms with Crippen molar-refractivity contribution in [2.75, 3.05) is 6.54 Å². The van der Waals surface area contributed by atoms with Crippen LogP contribution >= 0.6 is 11.6 Å². The second kappa shape index (κ2) is 5.93. The third-order valence-electron chi connectivity index (χ3n) is 3.50. The van der Waals surface area contributed by atoms with Gasteiger partial charge in [0, 0.05) is 11.6 Å². The molecule has 1 unspecified atom stereocenters. The lowest BCUT2D eigenvalue weighted by molar-refractivity contribution is -0.155. The van der Waals surface area contributed by atoms with Crippen molar-refractivity contribution >= 4 is 23.5 Å². The molecule has 114 valence electrons. The predicted molar refractivity (Wildman–Crippen MR) is 78.5 cm³/mol. The number of benzene rings is 1. The molecule has 0 spiro atoms. The van der Waals surface area contributed by atoms with Gasteiger partial charge in [0.1, 0.15) is 11.8 Å². The van der Waals surface area contributed by atoms with Gasteiger partial charge in [-0.05, 0) is 51.0 Å². The largest absolute Gasteiger partial charge is 0.480 e. The number of amides is 1. The minimum absolute atomic E-state index is 0.317. The molecule has 1 fully saturated rings. The number of hydrogen-bond donors (Lipinski definition) is 1. The van der Waals surface area contributed by atoms with Crippen LogP contribution in [0.2, 0.25) is 5.02 Å². The lowest BCUT2D eigenvalue weighted by atomic mass is 10.1. The van der Waals surface area contributed by atoms with E-state index in [9.17, 15) is 9.59 Å². The van der Waals surface area contributed by atoms with E-state index >= 15 is 0 Å². The average Bonchev–Trinajstić information content (AvgIpc) is 2.89. The Morgan fingerprint density at radius 3 is 2.52 bits per heavy atom. The van der Waals surface area contributed by atoms with Gasteiger partial charge in [0.05, 0.1) is 0 Å². The van der Waals surface area contributed by atoms with Crippen LogP contribution in [-0.2, 0) is 9.59 Å². The summed E-state index contributed by atoms with van der Waals surface area (Å²) in [6.07, 6.45) is 1.18. The topological polar surface area (TPSA) is 66.8 Å². The molecule has 1 heterocycles. The number of halogens is 1. The van der Waals surface area contributed by atoms with Gasteiger partial charge in [-0.2, -0.15) is 0 Å². The normalized spacial score (nSPS) is 18.6. The number of likely N-dealkylation sites (tertiary alicyclic amines) is 1. The predicted octanol–water partition coefficient (Wildman–Crippen LogP) is 2.57. The molecule has 1 aliphatic rings. The van der Waals surface area contributed by atoms with Crippen LogP contribution in [0.25, 0.3) is 0 Å². The minimum Gasteiger partial charge on any atom is -0.480 e. The number of carboxylic acid groups (broad SMARTS) is 1. The van der Waals surface area contributed by atoms with Crippen LogP contribution in [0.4, 0.5) is 0 Å². The summed E-state index contributed by atoms with van der Waals surface area (Å²) >= 11 is 5.81. The smallest absolute Gasteiger partial charge is 0.326 e.